The van der Waals surface area contributed by atoms with E-state index in [9.17, 15) is 0 Å². The number of aromatic nitrogens is 2. The zero-order chi connectivity index (χ0) is 14.3. The number of hydrogen-bond acceptors (Lipinski definition) is 3. The summed E-state index contributed by atoms with van der Waals surface area (Å²) in [6.45, 7) is 3.23. The fraction of sp³-hybridized carbons (Fsp3) is 0.438. The molecule has 4 nitrogen and oxygen atoms in total. The van der Waals surface area contributed by atoms with Gasteiger partial charge >= 0.3 is 0 Å². The molecule has 1 aliphatic rings. The van der Waals surface area contributed by atoms with Crippen molar-refractivity contribution in [2.75, 3.05) is 24.7 Å². The summed E-state index contributed by atoms with van der Waals surface area (Å²) in [7, 11) is 4.08. The molecule has 0 bridgehead atoms. The lowest BCUT2D eigenvalue weighted by molar-refractivity contribution is 0.467. The van der Waals surface area contributed by atoms with E-state index in [2.05, 4.69) is 40.7 Å². The van der Waals surface area contributed by atoms with Gasteiger partial charge in [0.1, 0.15) is 17.3 Å². The van der Waals surface area contributed by atoms with E-state index in [1.54, 1.807) is 0 Å². The topological polar surface area (TPSA) is 47.1 Å². The Morgan fingerprint density at radius 2 is 1.95 bits per heavy atom. The molecule has 0 amide bonds. The highest BCUT2D eigenvalue weighted by Gasteiger charge is 2.23. The second-order valence-electron chi connectivity index (χ2n) is 5.84. The van der Waals surface area contributed by atoms with Crippen LogP contribution in [0.15, 0.2) is 24.3 Å². The Morgan fingerprint density at radius 1 is 1.25 bits per heavy atom. The van der Waals surface area contributed by atoms with Crippen LogP contribution in [0.25, 0.3) is 11.3 Å². The fourth-order valence-corrected chi connectivity index (χ4v) is 2.91. The van der Waals surface area contributed by atoms with Crippen molar-refractivity contribution in [3.63, 3.8) is 0 Å². The van der Waals surface area contributed by atoms with Crippen LogP contribution in [0.1, 0.15) is 31.5 Å². The predicted molar refractivity (Wildman–Crippen MR) is 84.1 cm³/mol. The van der Waals surface area contributed by atoms with Crippen molar-refractivity contribution in [3.05, 3.63) is 30.1 Å². The van der Waals surface area contributed by atoms with Crippen molar-refractivity contribution >= 4 is 11.5 Å². The van der Waals surface area contributed by atoms with E-state index in [1.807, 2.05) is 14.1 Å². The second kappa shape index (κ2) is 4.85. The standard InChI is InChI=1S/C16H22N4/c1-11-5-4-10-20-15(17)14(18-16(11)20)12-6-8-13(9-7-12)19(2)3/h6-9,11H,4-5,10,17H2,1-3H3. The molecule has 3 rings (SSSR count). The van der Waals surface area contributed by atoms with Gasteiger partial charge in [-0.15, -0.1) is 0 Å². The smallest absolute Gasteiger partial charge is 0.131 e. The van der Waals surface area contributed by atoms with Crippen LogP contribution in [0.2, 0.25) is 0 Å². The highest BCUT2D eigenvalue weighted by molar-refractivity contribution is 5.72. The molecule has 0 radical (unpaired) electrons. The second-order valence-corrected chi connectivity index (χ2v) is 5.84. The summed E-state index contributed by atoms with van der Waals surface area (Å²) in [5.74, 6) is 2.45. The summed E-state index contributed by atoms with van der Waals surface area (Å²) < 4.78 is 2.18. The number of fused-ring (bicyclic) bond motifs is 1. The lowest BCUT2D eigenvalue weighted by Gasteiger charge is -2.20. The Bertz CT molecular complexity index is 610. The van der Waals surface area contributed by atoms with E-state index >= 15 is 0 Å². The molecule has 2 heterocycles. The molecule has 0 spiro atoms. The minimum atomic E-state index is 0.501. The molecular weight excluding hydrogens is 248 g/mol. The van der Waals surface area contributed by atoms with Crippen LogP contribution in [0.4, 0.5) is 11.5 Å². The molecule has 1 unspecified atom stereocenters. The first-order valence-electron chi connectivity index (χ1n) is 7.21. The van der Waals surface area contributed by atoms with Gasteiger partial charge in [0, 0.05) is 37.8 Å². The molecule has 0 saturated carbocycles. The largest absolute Gasteiger partial charge is 0.383 e. The van der Waals surface area contributed by atoms with Crippen LogP contribution in [-0.4, -0.2) is 23.6 Å². The van der Waals surface area contributed by atoms with Crippen molar-refractivity contribution < 1.29 is 0 Å². The lowest BCUT2D eigenvalue weighted by Crippen LogP contribution is -2.15. The van der Waals surface area contributed by atoms with E-state index in [1.165, 1.54) is 18.5 Å². The minimum absolute atomic E-state index is 0.501. The monoisotopic (exact) mass is 270 g/mol. The maximum Gasteiger partial charge on any atom is 0.131 e. The summed E-state index contributed by atoms with van der Waals surface area (Å²) in [5.41, 5.74) is 9.52. The fourth-order valence-electron chi connectivity index (χ4n) is 2.91. The zero-order valence-corrected chi connectivity index (χ0v) is 12.4. The molecule has 2 aromatic rings. The molecule has 20 heavy (non-hydrogen) atoms. The number of anilines is 2. The summed E-state index contributed by atoms with van der Waals surface area (Å²) in [5, 5.41) is 0. The molecule has 2 N–H and O–H groups in total. The van der Waals surface area contributed by atoms with E-state index in [0.29, 0.717) is 5.92 Å². The van der Waals surface area contributed by atoms with E-state index in [4.69, 9.17) is 10.7 Å². The summed E-state index contributed by atoms with van der Waals surface area (Å²) in [6, 6.07) is 8.42. The summed E-state index contributed by atoms with van der Waals surface area (Å²) in [4.78, 5) is 6.89. The van der Waals surface area contributed by atoms with Crippen molar-refractivity contribution in [3.8, 4) is 11.3 Å². The van der Waals surface area contributed by atoms with Gasteiger partial charge in [0.05, 0.1) is 0 Å². The number of hydrogen-bond donors (Lipinski definition) is 1. The molecule has 0 fully saturated rings. The van der Waals surface area contributed by atoms with Crippen molar-refractivity contribution in [1.82, 2.24) is 9.55 Å². The lowest BCUT2D eigenvalue weighted by atomic mass is 10.0. The first kappa shape index (κ1) is 13.0. The number of benzene rings is 1. The van der Waals surface area contributed by atoms with Gasteiger partial charge in [-0.2, -0.15) is 0 Å². The zero-order valence-electron chi connectivity index (χ0n) is 12.4. The maximum atomic E-state index is 6.31. The van der Waals surface area contributed by atoms with E-state index < -0.39 is 0 Å². The van der Waals surface area contributed by atoms with Crippen molar-refractivity contribution in [1.29, 1.82) is 0 Å². The van der Waals surface area contributed by atoms with Gasteiger partial charge in [0.2, 0.25) is 0 Å². The molecular formula is C16H22N4. The van der Waals surface area contributed by atoms with Gasteiger partial charge in [-0.25, -0.2) is 4.98 Å². The molecule has 106 valence electrons. The molecule has 1 aromatic carbocycles. The van der Waals surface area contributed by atoms with Gasteiger partial charge in [-0.1, -0.05) is 19.1 Å². The third-order valence-electron chi connectivity index (χ3n) is 4.15. The molecule has 0 aliphatic carbocycles. The van der Waals surface area contributed by atoms with Gasteiger partial charge in [-0.05, 0) is 25.0 Å². The Kier molecular flexibility index (Phi) is 3.16. The third-order valence-corrected chi connectivity index (χ3v) is 4.15. The van der Waals surface area contributed by atoms with E-state index in [-0.39, 0.29) is 0 Å². The average molecular weight is 270 g/mol. The SMILES string of the molecule is CC1CCCn2c1nc(-c1ccc(N(C)C)cc1)c2N. The Balaban J connectivity index is 2.02. The number of nitrogens with zero attached hydrogens (tertiary/aromatic N) is 3. The van der Waals surface area contributed by atoms with Crippen LogP contribution in [0.5, 0.6) is 0 Å². The minimum Gasteiger partial charge on any atom is -0.383 e. The molecule has 0 saturated heterocycles. The molecule has 1 atom stereocenters. The number of imidazole rings is 1. The predicted octanol–water partition coefficient (Wildman–Crippen LogP) is 3.10. The van der Waals surface area contributed by atoms with Crippen LogP contribution in [0.3, 0.4) is 0 Å². The van der Waals surface area contributed by atoms with Gasteiger partial charge in [-0.3, -0.25) is 0 Å². The van der Waals surface area contributed by atoms with Crippen LogP contribution < -0.4 is 10.6 Å². The van der Waals surface area contributed by atoms with Crippen molar-refractivity contribution in [2.24, 2.45) is 0 Å². The first-order valence-corrected chi connectivity index (χ1v) is 7.21. The number of rotatable bonds is 2. The summed E-state index contributed by atoms with van der Waals surface area (Å²) >= 11 is 0. The van der Waals surface area contributed by atoms with Crippen LogP contribution in [-0.2, 0) is 6.54 Å². The quantitative estimate of drug-likeness (QED) is 0.912. The number of nitrogen functional groups attached to an aromatic ring is 1. The highest BCUT2D eigenvalue weighted by atomic mass is 15.2. The Labute approximate surface area is 120 Å². The Hall–Kier alpha value is -1.97. The van der Waals surface area contributed by atoms with Crippen LogP contribution >= 0.6 is 0 Å². The first-order chi connectivity index (χ1) is 9.58. The van der Waals surface area contributed by atoms with Gasteiger partial charge < -0.3 is 15.2 Å². The maximum absolute atomic E-state index is 6.31. The molecule has 4 heteroatoms. The Morgan fingerprint density at radius 3 is 2.55 bits per heavy atom. The summed E-state index contributed by atoms with van der Waals surface area (Å²) in [6.07, 6.45) is 2.39. The number of nitrogens with two attached hydrogens (primary N) is 1. The van der Waals surface area contributed by atoms with Gasteiger partial charge in [0.15, 0.2) is 0 Å². The normalized spacial score (nSPS) is 17.9. The van der Waals surface area contributed by atoms with E-state index in [0.717, 1.165) is 29.4 Å². The molecule has 1 aromatic heterocycles. The highest BCUT2D eigenvalue weighted by Crippen LogP contribution is 2.34. The third kappa shape index (κ3) is 2.05. The van der Waals surface area contributed by atoms with Gasteiger partial charge in [0.25, 0.3) is 0 Å². The average Bonchev–Trinajstić information content (AvgIpc) is 2.78. The van der Waals surface area contributed by atoms with Crippen molar-refractivity contribution in [2.45, 2.75) is 32.2 Å². The van der Waals surface area contributed by atoms with Crippen LogP contribution in [0, 0.1) is 0 Å². The molecule has 1 aliphatic heterocycles.